The minimum Gasteiger partial charge on any atom is -0.367 e. The maximum atomic E-state index is 4.77. The van der Waals surface area contributed by atoms with Crippen molar-refractivity contribution >= 4 is 5.82 Å². The van der Waals surface area contributed by atoms with Crippen molar-refractivity contribution in [2.24, 2.45) is 5.92 Å². The van der Waals surface area contributed by atoms with E-state index in [1.54, 1.807) is 0 Å². The van der Waals surface area contributed by atoms with Gasteiger partial charge in [0.25, 0.3) is 0 Å². The second-order valence-corrected chi connectivity index (χ2v) is 5.67. The predicted octanol–water partition coefficient (Wildman–Crippen LogP) is 3.56. The SMILES string of the molecule is CC1CCCCC1Nc1ccc2c(n1)CCC2. The zero-order chi connectivity index (χ0) is 11.7. The van der Waals surface area contributed by atoms with Crippen LogP contribution in [0.15, 0.2) is 12.1 Å². The molecule has 0 aromatic carbocycles. The summed E-state index contributed by atoms with van der Waals surface area (Å²) in [5, 5.41) is 3.65. The molecule has 2 nitrogen and oxygen atoms in total. The van der Waals surface area contributed by atoms with Crippen molar-refractivity contribution in [3.8, 4) is 0 Å². The molecule has 1 saturated carbocycles. The first-order chi connectivity index (χ1) is 8.33. The van der Waals surface area contributed by atoms with Gasteiger partial charge < -0.3 is 5.32 Å². The van der Waals surface area contributed by atoms with Crippen LogP contribution in [0.2, 0.25) is 0 Å². The minimum atomic E-state index is 0.635. The van der Waals surface area contributed by atoms with E-state index in [1.807, 2.05) is 0 Å². The van der Waals surface area contributed by atoms with Crippen LogP contribution in [-0.2, 0) is 12.8 Å². The molecule has 2 unspecified atom stereocenters. The number of rotatable bonds is 2. The third kappa shape index (κ3) is 2.31. The van der Waals surface area contributed by atoms with Gasteiger partial charge in [-0.25, -0.2) is 4.98 Å². The molecule has 3 rings (SSSR count). The van der Waals surface area contributed by atoms with E-state index in [1.165, 1.54) is 56.2 Å². The normalized spacial score (nSPS) is 27.8. The number of hydrogen-bond acceptors (Lipinski definition) is 2. The Kier molecular flexibility index (Phi) is 3.04. The Hall–Kier alpha value is -1.05. The van der Waals surface area contributed by atoms with Crippen LogP contribution >= 0.6 is 0 Å². The molecule has 1 N–H and O–H groups in total. The second kappa shape index (κ2) is 4.67. The maximum Gasteiger partial charge on any atom is 0.126 e. The number of aromatic nitrogens is 1. The molecular weight excluding hydrogens is 208 g/mol. The van der Waals surface area contributed by atoms with E-state index in [0.717, 1.165) is 11.7 Å². The number of nitrogens with one attached hydrogen (secondary N) is 1. The van der Waals surface area contributed by atoms with Crippen LogP contribution in [0.5, 0.6) is 0 Å². The van der Waals surface area contributed by atoms with Crippen molar-refractivity contribution in [2.75, 3.05) is 5.32 Å². The van der Waals surface area contributed by atoms with E-state index in [-0.39, 0.29) is 0 Å². The standard InChI is InChI=1S/C15H22N2/c1-11-5-2-3-7-13(11)16-15-10-9-12-6-4-8-14(12)17-15/h9-11,13H,2-8H2,1H3,(H,16,17). The third-order valence-corrected chi connectivity index (χ3v) is 4.37. The minimum absolute atomic E-state index is 0.635. The molecule has 2 aliphatic rings. The highest BCUT2D eigenvalue weighted by atomic mass is 15.0. The van der Waals surface area contributed by atoms with Crippen molar-refractivity contribution < 1.29 is 0 Å². The Bertz CT molecular complexity index is 400. The van der Waals surface area contributed by atoms with Gasteiger partial charge in [0, 0.05) is 11.7 Å². The summed E-state index contributed by atoms with van der Waals surface area (Å²) >= 11 is 0. The maximum absolute atomic E-state index is 4.77. The summed E-state index contributed by atoms with van der Waals surface area (Å²) in [4.78, 5) is 4.77. The Labute approximate surface area is 104 Å². The van der Waals surface area contributed by atoms with Crippen LogP contribution in [0.3, 0.4) is 0 Å². The van der Waals surface area contributed by atoms with Crippen LogP contribution in [0.25, 0.3) is 0 Å². The van der Waals surface area contributed by atoms with Gasteiger partial charge in [0.2, 0.25) is 0 Å². The fraction of sp³-hybridized carbons (Fsp3) is 0.667. The number of anilines is 1. The summed E-state index contributed by atoms with van der Waals surface area (Å²) in [7, 11) is 0. The van der Waals surface area contributed by atoms with E-state index in [0.29, 0.717) is 6.04 Å². The fourth-order valence-electron chi connectivity index (χ4n) is 3.22. The smallest absolute Gasteiger partial charge is 0.126 e. The van der Waals surface area contributed by atoms with Gasteiger partial charge in [-0.15, -0.1) is 0 Å². The lowest BCUT2D eigenvalue weighted by Crippen LogP contribution is -2.30. The lowest BCUT2D eigenvalue weighted by atomic mass is 9.86. The summed E-state index contributed by atoms with van der Waals surface area (Å²) in [6.07, 6.45) is 9.12. The number of fused-ring (bicyclic) bond motifs is 1. The van der Waals surface area contributed by atoms with Crippen molar-refractivity contribution in [2.45, 2.75) is 57.9 Å². The quantitative estimate of drug-likeness (QED) is 0.840. The molecule has 0 amide bonds. The molecule has 0 aliphatic heterocycles. The molecule has 1 heterocycles. The van der Waals surface area contributed by atoms with Crippen molar-refractivity contribution in [1.29, 1.82) is 0 Å². The van der Waals surface area contributed by atoms with Crippen molar-refractivity contribution in [1.82, 2.24) is 4.98 Å². The Morgan fingerprint density at radius 3 is 2.88 bits per heavy atom. The van der Waals surface area contributed by atoms with Gasteiger partial charge in [-0.1, -0.05) is 25.8 Å². The van der Waals surface area contributed by atoms with Crippen molar-refractivity contribution in [3.05, 3.63) is 23.4 Å². The molecule has 0 spiro atoms. The highest BCUT2D eigenvalue weighted by molar-refractivity contribution is 5.41. The first-order valence-corrected chi connectivity index (χ1v) is 7.08. The van der Waals surface area contributed by atoms with Gasteiger partial charge in [-0.3, -0.25) is 0 Å². The summed E-state index contributed by atoms with van der Waals surface area (Å²) in [6.45, 7) is 2.37. The Morgan fingerprint density at radius 1 is 1.12 bits per heavy atom. The number of nitrogens with zero attached hydrogens (tertiary/aromatic N) is 1. The molecule has 2 aliphatic carbocycles. The molecule has 0 saturated heterocycles. The highest BCUT2D eigenvalue weighted by Crippen LogP contribution is 2.27. The third-order valence-electron chi connectivity index (χ3n) is 4.37. The van der Waals surface area contributed by atoms with Gasteiger partial charge in [0.1, 0.15) is 5.82 Å². The monoisotopic (exact) mass is 230 g/mol. The van der Waals surface area contributed by atoms with Crippen LogP contribution in [0.1, 0.15) is 50.3 Å². The largest absolute Gasteiger partial charge is 0.367 e. The first-order valence-electron chi connectivity index (χ1n) is 7.08. The summed E-state index contributed by atoms with van der Waals surface area (Å²) < 4.78 is 0. The molecule has 2 heteroatoms. The molecule has 1 aromatic heterocycles. The van der Waals surface area contributed by atoms with Crippen molar-refractivity contribution in [3.63, 3.8) is 0 Å². The van der Waals surface area contributed by atoms with E-state index in [9.17, 15) is 0 Å². The van der Waals surface area contributed by atoms with E-state index in [4.69, 9.17) is 4.98 Å². The number of hydrogen-bond donors (Lipinski definition) is 1. The number of aryl methyl sites for hydroxylation is 2. The summed E-state index contributed by atoms with van der Waals surface area (Å²) in [5.74, 6) is 1.89. The van der Waals surface area contributed by atoms with Gasteiger partial charge in [-0.05, 0) is 49.7 Å². The Morgan fingerprint density at radius 2 is 2.00 bits per heavy atom. The van der Waals surface area contributed by atoms with Gasteiger partial charge in [0.05, 0.1) is 0 Å². The molecule has 0 bridgehead atoms. The molecule has 92 valence electrons. The summed E-state index contributed by atoms with van der Waals surface area (Å²) in [6, 6.07) is 5.08. The predicted molar refractivity (Wildman–Crippen MR) is 71.3 cm³/mol. The zero-order valence-electron chi connectivity index (χ0n) is 10.7. The lowest BCUT2D eigenvalue weighted by molar-refractivity contribution is 0.349. The molecule has 17 heavy (non-hydrogen) atoms. The van der Waals surface area contributed by atoms with Crippen LogP contribution in [0, 0.1) is 5.92 Å². The number of pyridine rings is 1. The van der Waals surface area contributed by atoms with Gasteiger partial charge >= 0.3 is 0 Å². The summed E-state index contributed by atoms with van der Waals surface area (Å²) in [5.41, 5.74) is 2.80. The van der Waals surface area contributed by atoms with E-state index in [2.05, 4.69) is 24.4 Å². The van der Waals surface area contributed by atoms with Gasteiger partial charge in [0.15, 0.2) is 0 Å². The molecular formula is C15H22N2. The second-order valence-electron chi connectivity index (χ2n) is 5.67. The molecule has 0 radical (unpaired) electrons. The zero-order valence-corrected chi connectivity index (χ0v) is 10.7. The van der Waals surface area contributed by atoms with Crippen LogP contribution in [0.4, 0.5) is 5.82 Å². The van der Waals surface area contributed by atoms with Gasteiger partial charge in [-0.2, -0.15) is 0 Å². The molecule has 1 fully saturated rings. The average Bonchev–Trinajstić information content (AvgIpc) is 2.79. The fourth-order valence-corrected chi connectivity index (χ4v) is 3.22. The highest BCUT2D eigenvalue weighted by Gasteiger charge is 2.21. The van der Waals surface area contributed by atoms with Crippen LogP contribution < -0.4 is 5.32 Å². The van der Waals surface area contributed by atoms with Crippen LogP contribution in [-0.4, -0.2) is 11.0 Å². The molecule has 2 atom stereocenters. The van der Waals surface area contributed by atoms with E-state index < -0.39 is 0 Å². The van der Waals surface area contributed by atoms with E-state index >= 15 is 0 Å². The average molecular weight is 230 g/mol. The molecule has 1 aromatic rings. The Balaban J connectivity index is 1.72. The first kappa shape index (κ1) is 11.1. The topological polar surface area (TPSA) is 24.9 Å². The lowest BCUT2D eigenvalue weighted by Gasteiger charge is -2.30.